The van der Waals surface area contributed by atoms with E-state index < -0.39 is 0 Å². The van der Waals surface area contributed by atoms with Crippen molar-refractivity contribution in [1.82, 2.24) is 9.88 Å². The number of hydrogen-bond donors (Lipinski definition) is 2. The van der Waals surface area contributed by atoms with Gasteiger partial charge in [-0.05, 0) is 0 Å². The van der Waals surface area contributed by atoms with Gasteiger partial charge >= 0.3 is 0 Å². The van der Waals surface area contributed by atoms with Crippen LogP contribution in [0.3, 0.4) is 0 Å². The monoisotopic (exact) mass is 242 g/mol. The number of nitrogens with two attached hydrogens (primary N) is 2. The number of hydrogen-bond acceptors (Lipinski definition) is 6. The van der Waals surface area contributed by atoms with Crippen molar-refractivity contribution < 1.29 is 9.53 Å². The van der Waals surface area contributed by atoms with Crippen molar-refractivity contribution in [2.24, 2.45) is 5.73 Å². The molecular formula is C9H14N4O2S. The number of anilines is 1. The molecule has 16 heavy (non-hydrogen) atoms. The molecule has 0 spiro atoms. The minimum Gasteiger partial charge on any atom is -0.378 e. The zero-order valence-corrected chi connectivity index (χ0v) is 9.57. The van der Waals surface area contributed by atoms with E-state index in [9.17, 15) is 4.79 Å². The molecule has 88 valence electrons. The molecular weight excluding hydrogens is 228 g/mol. The molecule has 0 radical (unpaired) electrons. The van der Waals surface area contributed by atoms with Gasteiger partial charge in [0.05, 0.1) is 13.2 Å². The van der Waals surface area contributed by atoms with Crippen molar-refractivity contribution in [3.8, 4) is 0 Å². The third-order valence-corrected chi connectivity index (χ3v) is 3.31. The minimum absolute atomic E-state index is 0.350. The molecule has 1 aliphatic heterocycles. The summed E-state index contributed by atoms with van der Waals surface area (Å²) < 4.78 is 5.24. The third-order valence-electron chi connectivity index (χ3n) is 2.50. The molecule has 0 aromatic carbocycles. The number of thiazole rings is 1. The molecule has 1 saturated heterocycles. The Hall–Kier alpha value is -1.18. The van der Waals surface area contributed by atoms with Crippen LogP contribution in [0.5, 0.6) is 0 Å². The lowest BCUT2D eigenvalue weighted by Crippen LogP contribution is -2.51. The van der Waals surface area contributed by atoms with Crippen LogP contribution in [0.2, 0.25) is 0 Å². The molecule has 1 amide bonds. The van der Waals surface area contributed by atoms with Crippen LogP contribution in [0, 0.1) is 0 Å². The number of nitrogens with zero attached hydrogens (tertiary/aromatic N) is 2. The first-order chi connectivity index (χ1) is 7.66. The first-order valence-electron chi connectivity index (χ1n) is 4.98. The second-order valence-electron chi connectivity index (χ2n) is 3.63. The maximum atomic E-state index is 11.2. The van der Waals surface area contributed by atoms with Gasteiger partial charge in [0, 0.05) is 24.2 Å². The van der Waals surface area contributed by atoms with Crippen LogP contribution in [0.1, 0.15) is 4.88 Å². The van der Waals surface area contributed by atoms with Gasteiger partial charge in [-0.25, -0.2) is 4.98 Å². The van der Waals surface area contributed by atoms with Gasteiger partial charge in [0.25, 0.3) is 0 Å². The summed E-state index contributed by atoms with van der Waals surface area (Å²) in [4.78, 5) is 18.2. The normalized spacial score (nSPS) is 22.1. The van der Waals surface area contributed by atoms with E-state index in [0.717, 1.165) is 4.88 Å². The zero-order chi connectivity index (χ0) is 11.5. The number of ether oxygens (including phenoxy) is 1. The second-order valence-corrected chi connectivity index (χ2v) is 4.78. The highest BCUT2D eigenvalue weighted by Gasteiger charge is 2.27. The van der Waals surface area contributed by atoms with Crippen LogP contribution >= 0.6 is 11.3 Å². The quantitative estimate of drug-likeness (QED) is 0.739. The molecule has 2 rings (SSSR count). The molecule has 2 heterocycles. The lowest BCUT2D eigenvalue weighted by atomic mass is 10.2. The van der Waals surface area contributed by atoms with E-state index in [0.29, 0.717) is 31.4 Å². The molecule has 0 saturated carbocycles. The Labute approximate surface area is 97.2 Å². The van der Waals surface area contributed by atoms with E-state index in [1.807, 2.05) is 4.90 Å². The lowest BCUT2D eigenvalue weighted by Gasteiger charge is -2.32. The van der Waals surface area contributed by atoms with Crippen LogP contribution in [-0.2, 0) is 16.1 Å². The van der Waals surface area contributed by atoms with Gasteiger partial charge in [-0.15, -0.1) is 11.3 Å². The molecule has 4 N–H and O–H groups in total. The fourth-order valence-electron chi connectivity index (χ4n) is 1.69. The van der Waals surface area contributed by atoms with Gasteiger partial charge in [-0.3, -0.25) is 9.69 Å². The van der Waals surface area contributed by atoms with E-state index in [4.69, 9.17) is 16.2 Å². The first kappa shape index (κ1) is 11.3. The number of carbonyl (C=O) groups excluding carboxylic acids is 1. The van der Waals surface area contributed by atoms with Crippen LogP contribution in [0.4, 0.5) is 5.13 Å². The second kappa shape index (κ2) is 4.77. The van der Waals surface area contributed by atoms with Gasteiger partial charge in [0.2, 0.25) is 5.91 Å². The molecule has 1 fully saturated rings. The molecule has 1 aromatic rings. The number of rotatable bonds is 3. The van der Waals surface area contributed by atoms with Crippen LogP contribution in [-0.4, -0.2) is 41.6 Å². The molecule has 1 unspecified atom stereocenters. The van der Waals surface area contributed by atoms with Gasteiger partial charge in [-0.1, -0.05) is 0 Å². The maximum absolute atomic E-state index is 11.2. The number of morpholine rings is 1. The Bertz CT molecular complexity index is 381. The predicted molar refractivity (Wildman–Crippen MR) is 60.7 cm³/mol. The van der Waals surface area contributed by atoms with Crippen LogP contribution in [0.15, 0.2) is 6.20 Å². The van der Waals surface area contributed by atoms with Crippen LogP contribution < -0.4 is 11.5 Å². The standard InChI is InChI=1S/C9H14N4O2S/c10-8(14)7-5-15-2-1-13(7)4-6-3-12-9(11)16-6/h3,7H,1-2,4-5H2,(H2,10,14)(H2,11,12). The van der Waals surface area contributed by atoms with E-state index in [-0.39, 0.29) is 11.9 Å². The Morgan fingerprint density at radius 1 is 1.75 bits per heavy atom. The number of primary amides is 1. The Morgan fingerprint density at radius 2 is 2.56 bits per heavy atom. The highest BCUT2D eigenvalue weighted by Crippen LogP contribution is 2.19. The average Bonchev–Trinajstić information content (AvgIpc) is 2.64. The Balaban J connectivity index is 2.03. The largest absolute Gasteiger partial charge is 0.378 e. The smallest absolute Gasteiger partial charge is 0.237 e. The number of aromatic nitrogens is 1. The zero-order valence-electron chi connectivity index (χ0n) is 8.76. The highest BCUT2D eigenvalue weighted by molar-refractivity contribution is 7.15. The Kier molecular flexibility index (Phi) is 3.37. The lowest BCUT2D eigenvalue weighted by molar-refractivity contribution is -0.129. The van der Waals surface area contributed by atoms with Crippen molar-refractivity contribution in [1.29, 1.82) is 0 Å². The molecule has 7 heteroatoms. The SMILES string of the molecule is NC(=O)C1COCCN1Cc1cnc(N)s1. The van der Waals surface area contributed by atoms with E-state index >= 15 is 0 Å². The summed E-state index contributed by atoms with van der Waals surface area (Å²) >= 11 is 1.43. The molecule has 6 nitrogen and oxygen atoms in total. The summed E-state index contributed by atoms with van der Waals surface area (Å²) in [6.45, 7) is 2.33. The maximum Gasteiger partial charge on any atom is 0.237 e. The molecule has 1 aliphatic rings. The minimum atomic E-state index is -0.350. The van der Waals surface area contributed by atoms with Crippen molar-refractivity contribution in [3.05, 3.63) is 11.1 Å². The highest BCUT2D eigenvalue weighted by atomic mass is 32.1. The number of nitrogen functional groups attached to an aromatic ring is 1. The van der Waals surface area contributed by atoms with Crippen molar-refractivity contribution in [3.63, 3.8) is 0 Å². The first-order valence-corrected chi connectivity index (χ1v) is 5.80. The van der Waals surface area contributed by atoms with Crippen molar-refractivity contribution in [2.75, 3.05) is 25.5 Å². The van der Waals surface area contributed by atoms with E-state index in [2.05, 4.69) is 4.98 Å². The van der Waals surface area contributed by atoms with Crippen molar-refractivity contribution in [2.45, 2.75) is 12.6 Å². The van der Waals surface area contributed by atoms with Gasteiger partial charge in [0.15, 0.2) is 5.13 Å². The number of carbonyl (C=O) groups is 1. The predicted octanol–water partition coefficient (Wildman–Crippen LogP) is -0.589. The molecule has 0 bridgehead atoms. The molecule has 1 aromatic heterocycles. The summed E-state index contributed by atoms with van der Waals surface area (Å²) in [7, 11) is 0. The van der Waals surface area contributed by atoms with E-state index in [1.54, 1.807) is 6.20 Å². The third kappa shape index (κ3) is 2.49. The topological polar surface area (TPSA) is 94.5 Å². The summed E-state index contributed by atoms with van der Waals surface area (Å²) in [6.07, 6.45) is 1.73. The Morgan fingerprint density at radius 3 is 3.19 bits per heavy atom. The summed E-state index contributed by atoms with van der Waals surface area (Å²) in [6, 6.07) is -0.350. The summed E-state index contributed by atoms with van der Waals surface area (Å²) in [5.74, 6) is -0.350. The average molecular weight is 242 g/mol. The van der Waals surface area contributed by atoms with Gasteiger partial charge < -0.3 is 16.2 Å². The number of amides is 1. The fourth-order valence-corrected chi connectivity index (χ4v) is 2.40. The summed E-state index contributed by atoms with van der Waals surface area (Å²) in [5.41, 5.74) is 10.9. The summed E-state index contributed by atoms with van der Waals surface area (Å²) in [5, 5.41) is 0.541. The van der Waals surface area contributed by atoms with E-state index in [1.165, 1.54) is 11.3 Å². The van der Waals surface area contributed by atoms with Crippen molar-refractivity contribution >= 4 is 22.4 Å². The van der Waals surface area contributed by atoms with Crippen LogP contribution in [0.25, 0.3) is 0 Å². The van der Waals surface area contributed by atoms with Gasteiger partial charge in [-0.2, -0.15) is 0 Å². The fraction of sp³-hybridized carbons (Fsp3) is 0.556. The molecule has 0 aliphatic carbocycles. The van der Waals surface area contributed by atoms with Gasteiger partial charge in [0.1, 0.15) is 6.04 Å². The molecule has 1 atom stereocenters.